The second-order valence-electron chi connectivity index (χ2n) is 5.11. The van der Waals surface area contributed by atoms with Crippen LogP contribution in [0.1, 0.15) is 58.8 Å². The van der Waals surface area contributed by atoms with Crippen molar-refractivity contribution in [1.82, 2.24) is 10.0 Å². The molecule has 0 rings (SSSR count). The first-order valence-corrected chi connectivity index (χ1v) is 9.68. The fraction of sp³-hybridized carbons (Fsp3) is 0.929. The number of hydrogen-bond acceptors (Lipinski definition) is 3. The van der Waals surface area contributed by atoms with Crippen molar-refractivity contribution in [2.24, 2.45) is 10.7 Å². The van der Waals surface area contributed by atoms with E-state index in [0.29, 0.717) is 25.5 Å². The van der Waals surface area contributed by atoms with Gasteiger partial charge in [-0.25, -0.2) is 13.1 Å². The van der Waals surface area contributed by atoms with Gasteiger partial charge in [0.1, 0.15) is 0 Å². The van der Waals surface area contributed by atoms with Gasteiger partial charge in [0.05, 0.1) is 5.75 Å². The van der Waals surface area contributed by atoms with Gasteiger partial charge in [-0.2, -0.15) is 0 Å². The molecular formula is C14H32N4O2S. The maximum atomic E-state index is 11.2. The third-order valence-corrected chi connectivity index (χ3v) is 4.56. The highest BCUT2D eigenvalue weighted by Gasteiger charge is 2.03. The van der Waals surface area contributed by atoms with Gasteiger partial charge in [-0.05, 0) is 19.8 Å². The SMILES string of the molecule is CCCCCCCCNC(N)=NCCCNS(=O)(=O)CC. The average Bonchev–Trinajstić information content (AvgIpc) is 2.46. The minimum atomic E-state index is -3.09. The number of guanidine groups is 1. The van der Waals surface area contributed by atoms with E-state index in [2.05, 4.69) is 22.0 Å². The molecule has 0 bridgehead atoms. The Morgan fingerprint density at radius 3 is 2.33 bits per heavy atom. The number of nitrogens with zero attached hydrogens (tertiary/aromatic N) is 1. The second-order valence-corrected chi connectivity index (χ2v) is 7.21. The van der Waals surface area contributed by atoms with E-state index in [1.807, 2.05) is 0 Å². The highest BCUT2D eigenvalue weighted by atomic mass is 32.2. The van der Waals surface area contributed by atoms with Gasteiger partial charge in [0.15, 0.2) is 5.96 Å². The van der Waals surface area contributed by atoms with Crippen LogP contribution in [-0.2, 0) is 10.0 Å². The van der Waals surface area contributed by atoms with Crippen molar-refractivity contribution in [3.05, 3.63) is 0 Å². The van der Waals surface area contributed by atoms with E-state index in [0.717, 1.165) is 13.0 Å². The Balaban J connectivity index is 3.48. The first kappa shape index (κ1) is 20.2. The fourth-order valence-electron chi connectivity index (χ4n) is 1.79. The Kier molecular flexibility index (Phi) is 12.4. The minimum Gasteiger partial charge on any atom is -0.370 e. The lowest BCUT2D eigenvalue weighted by atomic mass is 10.1. The number of nitrogens with one attached hydrogen (secondary N) is 2. The maximum Gasteiger partial charge on any atom is 0.211 e. The van der Waals surface area contributed by atoms with Crippen LogP contribution in [0.4, 0.5) is 0 Å². The van der Waals surface area contributed by atoms with Gasteiger partial charge in [-0.1, -0.05) is 39.0 Å². The van der Waals surface area contributed by atoms with Gasteiger partial charge in [0, 0.05) is 19.6 Å². The molecule has 0 heterocycles. The van der Waals surface area contributed by atoms with Crippen LogP contribution < -0.4 is 15.8 Å². The summed E-state index contributed by atoms with van der Waals surface area (Å²) in [5.74, 6) is 0.556. The number of rotatable bonds is 13. The van der Waals surface area contributed by atoms with Crippen LogP contribution in [0.25, 0.3) is 0 Å². The molecule has 6 nitrogen and oxygen atoms in total. The van der Waals surface area contributed by atoms with Crippen molar-refractivity contribution >= 4 is 16.0 Å². The van der Waals surface area contributed by atoms with Gasteiger partial charge in [-0.15, -0.1) is 0 Å². The van der Waals surface area contributed by atoms with Gasteiger partial charge in [0.25, 0.3) is 0 Å². The van der Waals surface area contributed by atoms with Crippen LogP contribution in [0.5, 0.6) is 0 Å². The minimum absolute atomic E-state index is 0.109. The van der Waals surface area contributed by atoms with Crippen molar-refractivity contribution in [3.63, 3.8) is 0 Å². The van der Waals surface area contributed by atoms with Gasteiger partial charge in [-0.3, -0.25) is 4.99 Å². The summed E-state index contributed by atoms with van der Waals surface area (Å²) in [6.45, 7) is 5.62. The molecule has 0 unspecified atom stereocenters. The van der Waals surface area contributed by atoms with E-state index in [-0.39, 0.29) is 5.75 Å². The van der Waals surface area contributed by atoms with E-state index >= 15 is 0 Å². The summed E-state index contributed by atoms with van der Waals surface area (Å²) in [7, 11) is -3.09. The van der Waals surface area contributed by atoms with Crippen molar-refractivity contribution < 1.29 is 8.42 Å². The molecule has 0 spiro atoms. The molecule has 0 fully saturated rings. The molecular weight excluding hydrogens is 288 g/mol. The number of hydrogen-bond donors (Lipinski definition) is 3. The zero-order valence-electron chi connectivity index (χ0n) is 13.5. The molecule has 0 aromatic rings. The van der Waals surface area contributed by atoms with E-state index in [1.165, 1.54) is 32.1 Å². The molecule has 0 aliphatic carbocycles. The number of unbranched alkanes of at least 4 members (excludes halogenated alkanes) is 5. The van der Waals surface area contributed by atoms with Gasteiger partial charge < -0.3 is 11.1 Å². The lowest BCUT2D eigenvalue weighted by Crippen LogP contribution is -2.33. The Bertz CT molecular complexity index is 369. The van der Waals surface area contributed by atoms with E-state index in [9.17, 15) is 8.42 Å². The molecule has 0 aliphatic heterocycles. The largest absolute Gasteiger partial charge is 0.370 e. The Morgan fingerprint density at radius 2 is 1.67 bits per heavy atom. The molecule has 0 aromatic carbocycles. The molecule has 21 heavy (non-hydrogen) atoms. The third-order valence-electron chi connectivity index (χ3n) is 3.16. The normalized spacial score (nSPS) is 12.6. The first-order valence-electron chi connectivity index (χ1n) is 8.03. The standard InChI is InChI=1S/C14H32N4O2S/c1-3-5-6-7-8-9-11-16-14(15)17-12-10-13-18-21(19,20)4-2/h18H,3-13H2,1-2H3,(H3,15,16,17). The number of sulfonamides is 1. The first-order chi connectivity index (χ1) is 10.0. The zero-order chi connectivity index (χ0) is 16.0. The molecule has 0 aliphatic rings. The van der Waals surface area contributed by atoms with Crippen LogP contribution >= 0.6 is 0 Å². The zero-order valence-corrected chi connectivity index (χ0v) is 14.3. The highest BCUT2D eigenvalue weighted by molar-refractivity contribution is 7.89. The molecule has 0 aromatic heterocycles. The summed E-state index contributed by atoms with van der Waals surface area (Å²) in [6, 6.07) is 0. The predicted octanol–water partition coefficient (Wildman–Crippen LogP) is 1.58. The number of nitrogens with two attached hydrogens (primary N) is 1. The van der Waals surface area contributed by atoms with Crippen LogP contribution in [0.15, 0.2) is 4.99 Å². The van der Waals surface area contributed by atoms with E-state index < -0.39 is 10.0 Å². The van der Waals surface area contributed by atoms with Gasteiger partial charge >= 0.3 is 0 Å². The molecule has 7 heteroatoms. The fourth-order valence-corrected chi connectivity index (χ4v) is 2.45. The van der Waals surface area contributed by atoms with Crippen molar-refractivity contribution in [1.29, 1.82) is 0 Å². The van der Waals surface area contributed by atoms with Crippen LogP contribution in [0.3, 0.4) is 0 Å². The van der Waals surface area contributed by atoms with Crippen molar-refractivity contribution in [2.45, 2.75) is 58.8 Å². The molecule has 0 atom stereocenters. The third kappa shape index (κ3) is 13.9. The molecule has 4 N–H and O–H groups in total. The Labute approximate surface area is 130 Å². The monoisotopic (exact) mass is 320 g/mol. The topological polar surface area (TPSA) is 96.6 Å². The molecule has 126 valence electrons. The van der Waals surface area contributed by atoms with Gasteiger partial charge in [0.2, 0.25) is 10.0 Å². The van der Waals surface area contributed by atoms with E-state index in [4.69, 9.17) is 5.73 Å². The molecule has 0 saturated carbocycles. The van der Waals surface area contributed by atoms with E-state index in [1.54, 1.807) is 6.92 Å². The second kappa shape index (κ2) is 12.9. The number of aliphatic imine (C=N–C) groups is 1. The Morgan fingerprint density at radius 1 is 1.00 bits per heavy atom. The van der Waals surface area contributed by atoms with Crippen LogP contribution in [0, 0.1) is 0 Å². The summed E-state index contributed by atoms with van der Waals surface area (Å²) in [5.41, 5.74) is 5.73. The maximum absolute atomic E-state index is 11.2. The Hall–Kier alpha value is -0.820. The quantitative estimate of drug-likeness (QED) is 0.273. The molecule has 0 saturated heterocycles. The van der Waals surface area contributed by atoms with Crippen molar-refractivity contribution in [2.75, 3.05) is 25.4 Å². The summed E-state index contributed by atoms with van der Waals surface area (Å²) in [4.78, 5) is 4.17. The molecule has 0 radical (unpaired) electrons. The lowest BCUT2D eigenvalue weighted by molar-refractivity contribution is 0.581. The summed E-state index contributed by atoms with van der Waals surface area (Å²) >= 11 is 0. The van der Waals surface area contributed by atoms with Crippen LogP contribution in [0.2, 0.25) is 0 Å². The lowest BCUT2D eigenvalue weighted by Gasteiger charge is -2.06. The van der Waals surface area contributed by atoms with Crippen molar-refractivity contribution in [3.8, 4) is 0 Å². The predicted molar refractivity (Wildman–Crippen MR) is 89.9 cm³/mol. The average molecular weight is 321 g/mol. The summed E-state index contributed by atoms with van der Waals surface area (Å²) in [5, 5.41) is 3.08. The highest BCUT2D eigenvalue weighted by Crippen LogP contribution is 2.03. The van der Waals surface area contributed by atoms with Crippen LogP contribution in [-0.4, -0.2) is 39.8 Å². The summed E-state index contributed by atoms with van der Waals surface area (Å²) in [6.07, 6.45) is 8.16. The molecule has 0 amide bonds. The summed E-state index contributed by atoms with van der Waals surface area (Å²) < 4.78 is 24.9. The smallest absolute Gasteiger partial charge is 0.211 e.